The van der Waals surface area contributed by atoms with Crippen LogP contribution < -0.4 is 15.4 Å². The molecule has 1 aromatic carbocycles. The summed E-state index contributed by atoms with van der Waals surface area (Å²) < 4.78 is 39.9. The quantitative estimate of drug-likeness (QED) is 0.879. The zero-order chi connectivity index (χ0) is 14.5. The second-order valence-electron chi connectivity index (χ2n) is 4.02. The summed E-state index contributed by atoms with van der Waals surface area (Å²) in [6, 6.07) is 5.16. The minimum Gasteiger partial charge on any atom is -0.406 e. The summed E-state index contributed by atoms with van der Waals surface area (Å²) in [6.07, 6.45) is -4.75. The van der Waals surface area contributed by atoms with E-state index >= 15 is 0 Å². The van der Waals surface area contributed by atoms with Crippen LogP contribution in [0.1, 0.15) is 6.92 Å². The van der Waals surface area contributed by atoms with Gasteiger partial charge < -0.3 is 15.4 Å². The Morgan fingerprint density at radius 1 is 1.40 bits per heavy atom. The van der Waals surface area contributed by atoms with Crippen molar-refractivity contribution < 1.29 is 22.7 Å². The molecule has 0 saturated heterocycles. The molecular formula is C12H16ClF3N2O2. The average molecular weight is 313 g/mol. The Morgan fingerprint density at radius 2 is 2.05 bits per heavy atom. The van der Waals surface area contributed by atoms with Crippen molar-refractivity contribution in [2.75, 3.05) is 18.9 Å². The number of benzene rings is 1. The predicted molar refractivity (Wildman–Crippen MR) is 72.1 cm³/mol. The van der Waals surface area contributed by atoms with Gasteiger partial charge in [-0.25, -0.2) is 0 Å². The fraction of sp³-hybridized carbons (Fsp3) is 0.417. The highest BCUT2D eigenvalue weighted by atomic mass is 35.5. The third-order valence-corrected chi connectivity index (χ3v) is 2.29. The number of alkyl halides is 3. The molecule has 1 aromatic rings. The summed E-state index contributed by atoms with van der Waals surface area (Å²) in [7, 11) is 1.71. The maximum Gasteiger partial charge on any atom is 0.573 e. The zero-order valence-electron chi connectivity index (χ0n) is 11.0. The Hall–Kier alpha value is -1.47. The SMILES string of the molecule is CNCC(C)C(=O)Nc1cccc(OC(F)(F)F)c1.Cl. The first-order chi connectivity index (χ1) is 8.81. The third kappa shape index (κ3) is 6.63. The predicted octanol–water partition coefficient (Wildman–Crippen LogP) is 2.80. The number of ether oxygens (including phenoxy) is 1. The van der Waals surface area contributed by atoms with Gasteiger partial charge in [-0.2, -0.15) is 0 Å². The molecule has 0 aromatic heterocycles. The fourth-order valence-electron chi connectivity index (χ4n) is 1.44. The van der Waals surface area contributed by atoms with E-state index in [0.29, 0.717) is 6.54 Å². The molecule has 0 spiro atoms. The lowest BCUT2D eigenvalue weighted by Crippen LogP contribution is -2.28. The second-order valence-corrected chi connectivity index (χ2v) is 4.02. The van der Waals surface area contributed by atoms with Crippen molar-refractivity contribution in [1.82, 2.24) is 5.32 Å². The molecule has 20 heavy (non-hydrogen) atoms. The van der Waals surface area contributed by atoms with E-state index in [1.165, 1.54) is 18.2 Å². The van der Waals surface area contributed by atoms with Gasteiger partial charge in [-0.15, -0.1) is 25.6 Å². The van der Waals surface area contributed by atoms with Gasteiger partial charge in [0.2, 0.25) is 5.91 Å². The molecule has 0 saturated carbocycles. The molecule has 0 aliphatic rings. The Balaban J connectivity index is 0.00000361. The number of halogens is 4. The van der Waals surface area contributed by atoms with Gasteiger partial charge in [0.1, 0.15) is 5.75 Å². The highest BCUT2D eigenvalue weighted by Gasteiger charge is 2.31. The van der Waals surface area contributed by atoms with Crippen molar-refractivity contribution in [3.63, 3.8) is 0 Å². The molecule has 1 amide bonds. The summed E-state index contributed by atoms with van der Waals surface area (Å²) in [5, 5.41) is 5.37. The Bertz CT molecular complexity index is 441. The van der Waals surface area contributed by atoms with E-state index in [4.69, 9.17) is 0 Å². The minimum absolute atomic E-state index is 0. The molecule has 2 N–H and O–H groups in total. The smallest absolute Gasteiger partial charge is 0.406 e. The monoisotopic (exact) mass is 312 g/mol. The summed E-state index contributed by atoms with van der Waals surface area (Å²) >= 11 is 0. The van der Waals surface area contributed by atoms with E-state index in [2.05, 4.69) is 15.4 Å². The van der Waals surface area contributed by atoms with Crippen molar-refractivity contribution in [2.45, 2.75) is 13.3 Å². The number of carbonyl (C=O) groups is 1. The number of carbonyl (C=O) groups excluding carboxylic acids is 1. The highest BCUT2D eigenvalue weighted by Crippen LogP contribution is 2.25. The molecule has 1 unspecified atom stereocenters. The van der Waals surface area contributed by atoms with Gasteiger partial charge in [0.05, 0.1) is 0 Å². The Labute approximate surface area is 121 Å². The van der Waals surface area contributed by atoms with E-state index in [-0.39, 0.29) is 35.7 Å². The largest absolute Gasteiger partial charge is 0.573 e. The van der Waals surface area contributed by atoms with E-state index in [9.17, 15) is 18.0 Å². The maximum atomic E-state index is 12.0. The van der Waals surface area contributed by atoms with E-state index in [1.54, 1.807) is 14.0 Å². The third-order valence-electron chi connectivity index (χ3n) is 2.29. The van der Waals surface area contributed by atoms with Crippen molar-refractivity contribution in [1.29, 1.82) is 0 Å². The topological polar surface area (TPSA) is 50.4 Å². The number of nitrogens with one attached hydrogen (secondary N) is 2. The summed E-state index contributed by atoms with van der Waals surface area (Å²) in [4.78, 5) is 11.7. The van der Waals surface area contributed by atoms with Gasteiger partial charge >= 0.3 is 6.36 Å². The molecule has 4 nitrogen and oxygen atoms in total. The van der Waals surface area contributed by atoms with Crippen LogP contribution in [0.2, 0.25) is 0 Å². The lowest BCUT2D eigenvalue weighted by molar-refractivity contribution is -0.274. The Kier molecular flexibility index (Phi) is 7.38. The minimum atomic E-state index is -4.75. The lowest BCUT2D eigenvalue weighted by atomic mass is 10.1. The lowest BCUT2D eigenvalue weighted by Gasteiger charge is -2.13. The standard InChI is InChI=1S/C12H15F3N2O2.ClH/c1-8(7-16-2)11(18)17-9-4-3-5-10(6-9)19-12(13,14)15;/h3-6,8,16H,7H2,1-2H3,(H,17,18);1H. The number of amides is 1. The molecule has 1 atom stereocenters. The molecule has 0 radical (unpaired) electrons. The molecular weight excluding hydrogens is 297 g/mol. The van der Waals surface area contributed by atoms with Crippen LogP contribution in [-0.2, 0) is 4.79 Å². The van der Waals surface area contributed by atoms with Crippen LogP contribution in [0.4, 0.5) is 18.9 Å². The molecule has 8 heteroatoms. The van der Waals surface area contributed by atoms with Crippen LogP contribution in [0, 0.1) is 5.92 Å². The van der Waals surface area contributed by atoms with Crippen LogP contribution in [0.25, 0.3) is 0 Å². The molecule has 0 bridgehead atoms. The number of hydrogen-bond donors (Lipinski definition) is 2. The molecule has 0 aliphatic carbocycles. The molecule has 0 aliphatic heterocycles. The van der Waals surface area contributed by atoms with Gasteiger partial charge in [-0.05, 0) is 19.2 Å². The van der Waals surface area contributed by atoms with Crippen molar-refractivity contribution in [3.05, 3.63) is 24.3 Å². The summed E-state index contributed by atoms with van der Waals surface area (Å²) in [5.41, 5.74) is 0.259. The van der Waals surface area contributed by atoms with Gasteiger partial charge in [0.25, 0.3) is 0 Å². The number of rotatable bonds is 5. The summed E-state index contributed by atoms with van der Waals surface area (Å²) in [5.74, 6) is -0.942. The van der Waals surface area contributed by atoms with Crippen LogP contribution in [0.15, 0.2) is 24.3 Å². The Morgan fingerprint density at radius 3 is 2.60 bits per heavy atom. The first-order valence-corrected chi connectivity index (χ1v) is 5.63. The summed E-state index contributed by atoms with van der Waals surface area (Å²) in [6.45, 7) is 2.19. The van der Waals surface area contributed by atoms with Crippen molar-refractivity contribution in [2.24, 2.45) is 5.92 Å². The molecule has 1 rings (SSSR count). The highest BCUT2D eigenvalue weighted by molar-refractivity contribution is 5.92. The van der Waals surface area contributed by atoms with Gasteiger partial charge in [-0.1, -0.05) is 13.0 Å². The van der Waals surface area contributed by atoms with E-state index in [0.717, 1.165) is 6.07 Å². The van der Waals surface area contributed by atoms with Crippen LogP contribution in [0.5, 0.6) is 5.75 Å². The second kappa shape index (κ2) is 7.96. The van der Waals surface area contributed by atoms with Crippen LogP contribution >= 0.6 is 12.4 Å². The number of hydrogen-bond acceptors (Lipinski definition) is 3. The molecule has 0 heterocycles. The fourth-order valence-corrected chi connectivity index (χ4v) is 1.44. The van der Waals surface area contributed by atoms with Crippen LogP contribution in [0.3, 0.4) is 0 Å². The van der Waals surface area contributed by atoms with Crippen molar-refractivity contribution >= 4 is 24.0 Å². The van der Waals surface area contributed by atoms with Gasteiger partial charge in [0.15, 0.2) is 0 Å². The normalized spacial score (nSPS) is 12.2. The maximum absolute atomic E-state index is 12.0. The number of anilines is 1. The average Bonchev–Trinajstić information content (AvgIpc) is 2.27. The van der Waals surface area contributed by atoms with E-state index < -0.39 is 6.36 Å². The first kappa shape index (κ1) is 18.5. The molecule has 0 fully saturated rings. The molecule has 114 valence electrons. The zero-order valence-corrected chi connectivity index (χ0v) is 11.8. The van der Waals surface area contributed by atoms with E-state index in [1.807, 2.05) is 0 Å². The van der Waals surface area contributed by atoms with Gasteiger partial charge in [-0.3, -0.25) is 4.79 Å². The van der Waals surface area contributed by atoms with Crippen LogP contribution in [-0.4, -0.2) is 25.9 Å². The first-order valence-electron chi connectivity index (χ1n) is 5.63. The van der Waals surface area contributed by atoms with Gasteiger partial charge in [0, 0.05) is 24.2 Å². The van der Waals surface area contributed by atoms with Crippen molar-refractivity contribution in [3.8, 4) is 5.75 Å².